The number of methoxy groups -OCH3 is 1. The molecule has 2 nitrogen and oxygen atoms in total. The summed E-state index contributed by atoms with van der Waals surface area (Å²) in [4.78, 5) is 2.12. The molecule has 0 amide bonds. The molecule has 0 unspecified atom stereocenters. The Morgan fingerprint density at radius 1 is 1.38 bits per heavy atom. The van der Waals surface area contributed by atoms with Crippen LogP contribution < -0.4 is 4.74 Å². The lowest BCUT2D eigenvalue weighted by atomic mass is 10.1. The first-order valence-corrected chi connectivity index (χ1v) is 5.69. The fourth-order valence-electron chi connectivity index (χ4n) is 1.66. The highest BCUT2D eigenvalue weighted by Crippen LogP contribution is 2.22. The van der Waals surface area contributed by atoms with E-state index in [9.17, 15) is 4.39 Å². The zero-order valence-corrected chi connectivity index (χ0v) is 10.3. The topological polar surface area (TPSA) is 12.5 Å². The molecular weight excluding hydrogens is 205 g/mol. The minimum absolute atomic E-state index is 0.192. The molecule has 0 aliphatic rings. The number of hydrogen-bond acceptors (Lipinski definition) is 2. The lowest BCUT2D eigenvalue weighted by Crippen LogP contribution is -2.20. The molecule has 0 aliphatic carbocycles. The number of unbranched alkanes of at least 4 members (excludes halogenated alkanes) is 1. The minimum Gasteiger partial charge on any atom is -0.496 e. The van der Waals surface area contributed by atoms with Crippen molar-refractivity contribution in [3.05, 3.63) is 29.6 Å². The van der Waals surface area contributed by atoms with Gasteiger partial charge in [-0.05, 0) is 32.1 Å². The molecule has 0 heterocycles. The molecule has 0 saturated heterocycles. The van der Waals surface area contributed by atoms with Gasteiger partial charge in [-0.2, -0.15) is 0 Å². The van der Waals surface area contributed by atoms with Gasteiger partial charge in [-0.1, -0.05) is 19.4 Å². The van der Waals surface area contributed by atoms with Crippen molar-refractivity contribution in [1.82, 2.24) is 4.90 Å². The van der Waals surface area contributed by atoms with Crippen molar-refractivity contribution in [2.45, 2.75) is 26.3 Å². The molecule has 1 aromatic rings. The summed E-state index contributed by atoms with van der Waals surface area (Å²) in [5, 5.41) is 0. The number of halogens is 1. The molecule has 0 aromatic heterocycles. The summed E-state index contributed by atoms with van der Waals surface area (Å²) < 4.78 is 18.8. The Bertz CT molecular complexity index is 328. The first-order chi connectivity index (χ1) is 7.69. The van der Waals surface area contributed by atoms with Crippen LogP contribution in [0, 0.1) is 5.82 Å². The first-order valence-electron chi connectivity index (χ1n) is 5.69. The maximum Gasteiger partial charge on any atom is 0.131 e. The normalized spacial score (nSPS) is 10.8. The number of rotatable bonds is 6. The van der Waals surface area contributed by atoms with Crippen LogP contribution in [-0.2, 0) is 6.54 Å². The largest absolute Gasteiger partial charge is 0.496 e. The summed E-state index contributed by atoms with van der Waals surface area (Å²) in [6.07, 6.45) is 2.28. The predicted molar refractivity (Wildman–Crippen MR) is 64.2 cm³/mol. The van der Waals surface area contributed by atoms with Crippen LogP contribution in [0.15, 0.2) is 18.2 Å². The first kappa shape index (κ1) is 13.0. The Kier molecular flexibility index (Phi) is 5.26. The molecule has 0 atom stereocenters. The number of hydrogen-bond donors (Lipinski definition) is 0. The second-order valence-corrected chi connectivity index (χ2v) is 4.01. The molecule has 90 valence electrons. The zero-order chi connectivity index (χ0) is 12.0. The van der Waals surface area contributed by atoms with Gasteiger partial charge in [-0.25, -0.2) is 4.39 Å². The fourth-order valence-corrected chi connectivity index (χ4v) is 1.66. The van der Waals surface area contributed by atoms with E-state index < -0.39 is 0 Å². The van der Waals surface area contributed by atoms with Gasteiger partial charge >= 0.3 is 0 Å². The SMILES string of the molecule is CCCCN(C)Cc1c(F)cccc1OC. The molecule has 0 fully saturated rings. The van der Waals surface area contributed by atoms with Gasteiger partial charge in [0.15, 0.2) is 0 Å². The smallest absolute Gasteiger partial charge is 0.131 e. The fraction of sp³-hybridized carbons (Fsp3) is 0.538. The lowest BCUT2D eigenvalue weighted by Gasteiger charge is -2.18. The third-order valence-corrected chi connectivity index (χ3v) is 2.62. The standard InChI is InChI=1S/C13H20FNO/c1-4-5-9-15(2)10-11-12(14)7-6-8-13(11)16-3/h6-8H,4-5,9-10H2,1-3H3. The van der Waals surface area contributed by atoms with Gasteiger partial charge in [0.2, 0.25) is 0 Å². The van der Waals surface area contributed by atoms with Gasteiger partial charge in [0.1, 0.15) is 11.6 Å². The van der Waals surface area contributed by atoms with Crippen LogP contribution in [0.25, 0.3) is 0 Å². The average Bonchev–Trinajstić information content (AvgIpc) is 2.29. The van der Waals surface area contributed by atoms with Crippen molar-refractivity contribution >= 4 is 0 Å². The highest BCUT2D eigenvalue weighted by molar-refractivity contribution is 5.34. The van der Waals surface area contributed by atoms with Gasteiger partial charge in [-0.15, -0.1) is 0 Å². The van der Waals surface area contributed by atoms with Crippen molar-refractivity contribution in [2.75, 3.05) is 20.7 Å². The number of benzene rings is 1. The van der Waals surface area contributed by atoms with Crippen LogP contribution >= 0.6 is 0 Å². The van der Waals surface area contributed by atoms with E-state index >= 15 is 0 Å². The molecule has 1 aromatic carbocycles. The van der Waals surface area contributed by atoms with Crippen LogP contribution in [0.2, 0.25) is 0 Å². The highest BCUT2D eigenvalue weighted by Gasteiger charge is 2.10. The quantitative estimate of drug-likeness (QED) is 0.737. The van der Waals surface area contributed by atoms with Gasteiger partial charge in [0.25, 0.3) is 0 Å². The average molecular weight is 225 g/mol. The summed E-state index contributed by atoms with van der Waals surface area (Å²) in [7, 11) is 3.58. The van der Waals surface area contributed by atoms with E-state index in [0.717, 1.165) is 19.4 Å². The van der Waals surface area contributed by atoms with E-state index in [2.05, 4.69) is 11.8 Å². The van der Waals surface area contributed by atoms with E-state index in [-0.39, 0.29) is 5.82 Å². The Morgan fingerprint density at radius 3 is 2.75 bits per heavy atom. The molecule has 0 radical (unpaired) electrons. The Labute approximate surface area is 97.0 Å². The van der Waals surface area contributed by atoms with Crippen molar-refractivity contribution < 1.29 is 9.13 Å². The molecule has 0 spiro atoms. The second kappa shape index (κ2) is 6.48. The van der Waals surface area contributed by atoms with Crippen LogP contribution in [0.4, 0.5) is 4.39 Å². The summed E-state index contributed by atoms with van der Waals surface area (Å²) in [5.74, 6) is 0.436. The van der Waals surface area contributed by atoms with Gasteiger partial charge in [0.05, 0.1) is 7.11 Å². The Morgan fingerprint density at radius 2 is 2.12 bits per heavy atom. The molecule has 0 saturated carbocycles. The van der Waals surface area contributed by atoms with E-state index in [1.807, 2.05) is 7.05 Å². The number of nitrogens with zero attached hydrogens (tertiary/aromatic N) is 1. The summed E-state index contributed by atoms with van der Waals surface area (Å²) >= 11 is 0. The lowest BCUT2D eigenvalue weighted by molar-refractivity contribution is 0.306. The van der Waals surface area contributed by atoms with Crippen LogP contribution in [0.5, 0.6) is 5.75 Å². The molecule has 3 heteroatoms. The minimum atomic E-state index is -0.192. The molecule has 0 bridgehead atoms. The molecule has 16 heavy (non-hydrogen) atoms. The van der Waals surface area contributed by atoms with Crippen molar-refractivity contribution in [1.29, 1.82) is 0 Å². The van der Waals surface area contributed by atoms with Crippen LogP contribution in [0.1, 0.15) is 25.3 Å². The van der Waals surface area contributed by atoms with Crippen LogP contribution in [0.3, 0.4) is 0 Å². The summed E-state index contributed by atoms with van der Waals surface area (Å²) in [6.45, 7) is 3.72. The third kappa shape index (κ3) is 3.49. The van der Waals surface area contributed by atoms with E-state index in [1.165, 1.54) is 6.07 Å². The van der Waals surface area contributed by atoms with Gasteiger partial charge in [0, 0.05) is 12.1 Å². The summed E-state index contributed by atoms with van der Waals surface area (Å²) in [5.41, 5.74) is 0.642. The maximum atomic E-state index is 13.6. The monoisotopic (exact) mass is 225 g/mol. The molecule has 0 aliphatic heterocycles. The van der Waals surface area contributed by atoms with E-state index in [1.54, 1.807) is 19.2 Å². The van der Waals surface area contributed by atoms with Crippen molar-refractivity contribution in [3.63, 3.8) is 0 Å². The molecule has 1 rings (SSSR count). The van der Waals surface area contributed by atoms with E-state index in [0.29, 0.717) is 17.9 Å². The molecule has 0 N–H and O–H groups in total. The summed E-state index contributed by atoms with van der Waals surface area (Å²) in [6, 6.07) is 4.95. The Balaban J connectivity index is 2.71. The molecular formula is C13H20FNO. The van der Waals surface area contributed by atoms with Gasteiger partial charge in [-0.3, -0.25) is 0 Å². The number of ether oxygens (including phenoxy) is 1. The van der Waals surface area contributed by atoms with Crippen LogP contribution in [-0.4, -0.2) is 25.6 Å². The highest BCUT2D eigenvalue weighted by atomic mass is 19.1. The predicted octanol–water partition coefficient (Wildman–Crippen LogP) is 3.07. The zero-order valence-electron chi connectivity index (χ0n) is 10.3. The maximum absolute atomic E-state index is 13.6. The van der Waals surface area contributed by atoms with Gasteiger partial charge < -0.3 is 9.64 Å². The Hall–Kier alpha value is -1.09. The van der Waals surface area contributed by atoms with E-state index in [4.69, 9.17) is 4.74 Å². The van der Waals surface area contributed by atoms with Crippen molar-refractivity contribution in [3.8, 4) is 5.75 Å². The third-order valence-electron chi connectivity index (χ3n) is 2.62. The second-order valence-electron chi connectivity index (χ2n) is 4.01. The van der Waals surface area contributed by atoms with Crippen molar-refractivity contribution in [2.24, 2.45) is 0 Å².